The predicted molar refractivity (Wildman–Crippen MR) is 114 cm³/mol. The zero-order valence-electron chi connectivity index (χ0n) is 18.3. The number of imide groups is 1. The Balaban J connectivity index is 1.76. The van der Waals surface area contributed by atoms with Gasteiger partial charge in [0.1, 0.15) is 18.0 Å². The highest BCUT2D eigenvalue weighted by atomic mass is 16.5. The van der Waals surface area contributed by atoms with Crippen LogP contribution in [-0.2, 0) is 16.9 Å². The van der Waals surface area contributed by atoms with E-state index in [-0.39, 0.29) is 18.4 Å². The molecule has 1 fully saturated rings. The average Bonchev–Trinajstić information content (AvgIpc) is 3.38. The fourth-order valence-corrected chi connectivity index (χ4v) is 3.66. The number of aromatic nitrogens is 2. The zero-order valence-corrected chi connectivity index (χ0v) is 18.3. The minimum absolute atomic E-state index is 0.0632. The van der Waals surface area contributed by atoms with Crippen molar-refractivity contribution >= 4 is 11.9 Å². The van der Waals surface area contributed by atoms with E-state index in [9.17, 15) is 9.59 Å². The van der Waals surface area contributed by atoms with Crippen LogP contribution in [0.25, 0.3) is 0 Å². The molecule has 3 aromatic rings. The van der Waals surface area contributed by atoms with E-state index >= 15 is 0 Å². The van der Waals surface area contributed by atoms with Gasteiger partial charge in [0.2, 0.25) is 5.89 Å². The molecule has 3 amide bonds. The molecule has 2 heterocycles. The maximum Gasteiger partial charge on any atom is 0.326 e. The highest BCUT2D eigenvalue weighted by Crippen LogP contribution is 2.38. The molecule has 1 aliphatic heterocycles. The first kappa shape index (κ1) is 21.4. The summed E-state index contributed by atoms with van der Waals surface area (Å²) < 4.78 is 15.7. The number of nitrogens with zero attached hydrogens (tertiary/aromatic N) is 3. The van der Waals surface area contributed by atoms with Gasteiger partial charge in [0.15, 0.2) is 11.4 Å². The quantitative estimate of drug-likeness (QED) is 0.567. The van der Waals surface area contributed by atoms with Gasteiger partial charge in [0.05, 0.1) is 14.2 Å². The summed E-state index contributed by atoms with van der Waals surface area (Å²) in [6.45, 7) is 3.74. The summed E-state index contributed by atoms with van der Waals surface area (Å²) in [6, 6.07) is 13.5. The number of methoxy groups -OCH3 is 2. The second-order valence-electron chi connectivity index (χ2n) is 7.73. The molecule has 1 aliphatic rings. The van der Waals surface area contributed by atoms with Crippen molar-refractivity contribution in [2.24, 2.45) is 0 Å². The van der Waals surface area contributed by atoms with Crippen LogP contribution in [0.4, 0.5) is 4.79 Å². The summed E-state index contributed by atoms with van der Waals surface area (Å²) in [4.78, 5) is 32.2. The van der Waals surface area contributed by atoms with Crippen LogP contribution in [0.15, 0.2) is 53.1 Å². The SMILES string of the molecule is COc1ccc(C2(c3ccc(OC)cc3)NC(=O)N(Cc3nc(C(C)C)no3)C2=O)cc1. The second kappa shape index (κ2) is 8.33. The molecule has 4 rings (SSSR count). The van der Waals surface area contributed by atoms with Gasteiger partial charge in [-0.15, -0.1) is 0 Å². The third-order valence-corrected chi connectivity index (χ3v) is 5.45. The molecule has 1 N–H and O–H groups in total. The fraction of sp³-hybridized carbons (Fsp3) is 0.304. The lowest BCUT2D eigenvalue weighted by Crippen LogP contribution is -2.45. The van der Waals surface area contributed by atoms with Crippen LogP contribution in [0.3, 0.4) is 0 Å². The van der Waals surface area contributed by atoms with Gasteiger partial charge < -0.3 is 19.3 Å². The number of carbonyl (C=O) groups excluding carboxylic acids is 2. The number of rotatable bonds is 7. The molecular weight excluding hydrogens is 412 g/mol. The Morgan fingerprint density at radius 2 is 1.50 bits per heavy atom. The fourth-order valence-electron chi connectivity index (χ4n) is 3.66. The Labute approximate surface area is 185 Å². The number of hydrogen-bond acceptors (Lipinski definition) is 7. The molecule has 9 heteroatoms. The van der Waals surface area contributed by atoms with Crippen LogP contribution >= 0.6 is 0 Å². The Morgan fingerprint density at radius 1 is 0.969 bits per heavy atom. The van der Waals surface area contributed by atoms with E-state index in [1.54, 1.807) is 62.8 Å². The van der Waals surface area contributed by atoms with E-state index in [1.807, 2.05) is 13.8 Å². The van der Waals surface area contributed by atoms with Gasteiger partial charge in [-0.05, 0) is 35.4 Å². The maximum absolute atomic E-state index is 13.8. The van der Waals surface area contributed by atoms with Crippen molar-refractivity contribution in [1.29, 1.82) is 0 Å². The summed E-state index contributed by atoms with van der Waals surface area (Å²) in [5.41, 5.74) is -0.230. The van der Waals surface area contributed by atoms with Crippen molar-refractivity contribution in [3.05, 3.63) is 71.4 Å². The van der Waals surface area contributed by atoms with Crippen molar-refractivity contribution in [2.75, 3.05) is 14.2 Å². The largest absolute Gasteiger partial charge is 0.497 e. The average molecular weight is 436 g/mol. The van der Waals surface area contributed by atoms with Crippen molar-refractivity contribution in [1.82, 2.24) is 20.4 Å². The molecule has 0 radical (unpaired) electrons. The Hall–Kier alpha value is -3.88. The molecule has 9 nitrogen and oxygen atoms in total. The van der Waals surface area contributed by atoms with Gasteiger partial charge in [0.25, 0.3) is 5.91 Å². The lowest BCUT2D eigenvalue weighted by Gasteiger charge is -2.28. The molecule has 166 valence electrons. The molecule has 0 bridgehead atoms. The predicted octanol–water partition coefficient (Wildman–Crippen LogP) is 3.21. The van der Waals surface area contributed by atoms with E-state index in [2.05, 4.69) is 15.5 Å². The lowest BCUT2D eigenvalue weighted by atomic mass is 9.82. The van der Waals surface area contributed by atoms with Crippen molar-refractivity contribution in [3.8, 4) is 11.5 Å². The first-order chi connectivity index (χ1) is 15.4. The molecule has 0 spiro atoms. The lowest BCUT2D eigenvalue weighted by molar-refractivity contribution is -0.130. The number of carbonyl (C=O) groups is 2. The molecule has 0 aliphatic carbocycles. The summed E-state index contributed by atoms with van der Waals surface area (Å²) in [6.07, 6.45) is 0. The molecule has 2 aromatic carbocycles. The van der Waals surface area contributed by atoms with E-state index in [0.717, 1.165) is 4.90 Å². The third kappa shape index (κ3) is 3.55. The van der Waals surface area contributed by atoms with E-state index < -0.39 is 17.5 Å². The van der Waals surface area contributed by atoms with Gasteiger partial charge in [-0.3, -0.25) is 9.69 Å². The smallest absolute Gasteiger partial charge is 0.326 e. The molecular formula is C23H24N4O5. The highest BCUT2D eigenvalue weighted by Gasteiger charge is 2.54. The number of nitrogens with one attached hydrogen (secondary N) is 1. The number of urea groups is 1. The van der Waals surface area contributed by atoms with Gasteiger partial charge in [-0.25, -0.2) is 4.79 Å². The van der Waals surface area contributed by atoms with Crippen LogP contribution in [0.5, 0.6) is 11.5 Å². The van der Waals surface area contributed by atoms with E-state index in [0.29, 0.717) is 28.5 Å². The van der Waals surface area contributed by atoms with E-state index in [1.165, 1.54) is 0 Å². The van der Waals surface area contributed by atoms with Crippen molar-refractivity contribution in [2.45, 2.75) is 31.8 Å². The van der Waals surface area contributed by atoms with Crippen LogP contribution < -0.4 is 14.8 Å². The first-order valence-corrected chi connectivity index (χ1v) is 10.1. The van der Waals surface area contributed by atoms with Gasteiger partial charge in [-0.1, -0.05) is 43.3 Å². The zero-order chi connectivity index (χ0) is 22.9. The van der Waals surface area contributed by atoms with Crippen LogP contribution in [-0.4, -0.2) is 41.2 Å². The summed E-state index contributed by atoms with van der Waals surface area (Å²) in [7, 11) is 3.13. The number of ether oxygens (including phenoxy) is 2. The standard InChI is InChI=1S/C23H24N4O5/c1-14(2)20-24-19(32-26-20)13-27-21(28)23(25-22(27)29,15-5-9-17(30-3)10-6-15)16-7-11-18(31-4)12-8-16/h5-12,14H,13H2,1-4H3,(H,25,29). The Kier molecular flexibility index (Phi) is 5.56. The van der Waals surface area contributed by atoms with Gasteiger partial charge >= 0.3 is 6.03 Å². The van der Waals surface area contributed by atoms with Crippen molar-refractivity contribution < 1.29 is 23.6 Å². The maximum atomic E-state index is 13.8. The number of amides is 3. The van der Waals surface area contributed by atoms with Crippen LogP contribution in [0, 0.1) is 0 Å². The van der Waals surface area contributed by atoms with Gasteiger partial charge in [-0.2, -0.15) is 4.98 Å². The minimum Gasteiger partial charge on any atom is -0.497 e. The normalized spacial score (nSPS) is 15.2. The molecule has 0 unspecified atom stereocenters. The third-order valence-electron chi connectivity index (χ3n) is 5.45. The Morgan fingerprint density at radius 3 is 1.94 bits per heavy atom. The molecule has 1 aromatic heterocycles. The van der Waals surface area contributed by atoms with E-state index in [4.69, 9.17) is 14.0 Å². The monoisotopic (exact) mass is 436 g/mol. The molecule has 0 saturated carbocycles. The summed E-state index contributed by atoms with van der Waals surface area (Å²) >= 11 is 0. The molecule has 0 atom stereocenters. The minimum atomic E-state index is -1.42. The highest BCUT2D eigenvalue weighted by molar-refractivity contribution is 6.09. The van der Waals surface area contributed by atoms with Gasteiger partial charge in [0, 0.05) is 5.92 Å². The topological polar surface area (TPSA) is 107 Å². The van der Waals surface area contributed by atoms with Crippen LogP contribution in [0.1, 0.15) is 42.6 Å². The van der Waals surface area contributed by atoms with Crippen molar-refractivity contribution in [3.63, 3.8) is 0 Å². The first-order valence-electron chi connectivity index (χ1n) is 10.1. The number of benzene rings is 2. The summed E-state index contributed by atoms with van der Waals surface area (Å²) in [5.74, 6) is 1.61. The molecule has 32 heavy (non-hydrogen) atoms. The number of hydrogen-bond donors (Lipinski definition) is 1. The summed E-state index contributed by atoms with van der Waals surface area (Å²) in [5, 5.41) is 6.81. The molecule has 1 saturated heterocycles. The van der Waals surface area contributed by atoms with Crippen LogP contribution in [0.2, 0.25) is 0 Å². The second-order valence-corrected chi connectivity index (χ2v) is 7.73. The Bertz CT molecular complexity index is 1070.